The molecule has 0 radical (unpaired) electrons. The van der Waals surface area contributed by atoms with Crippen LogP contribution in [-0.4, -0.2) is 45.2 Å². The second-order valence-electron chi connectivity index (χ2n) is 6.11. The van der Waals surface area contributed by atoms with Crippen molar-refractivity contribution in [3.8, 4) is 17.2 Å². The van der Waals surface area contributed by atoms with Crippen LogP contribution < -0.4 is 24.4 Å². The predicted molar refractivity (Wildman–Crippen MR) is 100 cm³/mol. The van der Waals surface area contributed by atoms with Gasteiger partial charge in [-0.05, 0) is 24.3 Å². The second-order valence-corrected chi connectivity index (χ2v) is 6.11. The molecule has 0 saturated carbocycles. The summed E-state index contributed by atoms with van der Waals surface area (Å²) in [5.74, 6) is 1.41. The van der Waals surface area contributed by atoms with Crippen LogP contribution in [0.2, 0.25) is 0 Å². The predicted octanol–water partition coefficient (Wildman–Crippen LogP) is 2.00. The first-order valence-electron chi connectivity index (χ1n) is 8.60. The first-order valence-corrected chi connectivity index (χ1v) is 8.60. The molecule has 27 heavy (non-hydrogen) atoms. The number of hydrogen-bond donors (Lipinski definition) is 1. The van der Waals surface area contributed by atoms with Crippen molar-refractivity contribution in [3.63, 3.8) is 0 Å². The zero-order valence-electron chi connectivity index (χ0n) is 15.3. The topological polar surface area (TPSA) is 77.1 Å². The Morgan fingerprint density at radius 1 is 1.11 bits per heavy atom. The van der Waals surface area contributed by atoms with E-state index in [1.165, 1.54) is 0 Å². The lowest BCUT2D eigenvalue weighted by molar-refractivity contribution is -0.123. The van der Waals surface area contributed by atoms with Crippen molar-refractivity contribution >= 4 is 17.5 Å². The Kier molecular flexibility index (Phi) is 5.80. The average molecular weight is 370 g/mol. The Balaban J connectivity index is 1.55. The van der Waals surface area contributed by atoms with E-state index in [9.17, 15) is 9.59 Å². The minimum atomic E-state index is -0.286. The van der Waals surface area contributed by atoms with Gasteiger partial charge in [0.2, 0.25) is 5.91 Å². The Morgan fingerprint density at radius 2 is 1.89 bits per heavy atom. The van der Waals surface area contributed by atoms with Crippen LogP contribution in [0.4, 0.5) is 5.69 Å². The average Bonchev–Trinajstić information content (AvgIpc) is 3.06. The third-order valence-electron chi connectivity index (χ3n) is 4.28. The summed E-state index contributed by atoms with van der Waals surface area (Å²) in [6, 6.07) is 14.1. The molecule has 0 aliphatic carbocycles. The summed E-state index contributed by atoms with van der Waals surface area (Å²) >= 11 is 0. The van der Waals surface area contributed by atoms with Crippen LogP contribution >= 0.6 is 0 Å². The first kappa shape index (κ1) is 18.6. The molecule has 1 heterocycles. The van der Waals surface area contributed by atoms with Crippen LogP contribution in [0.3, 0.4) is 0 Å². The van der Waals surface area contributed by atoms with Gasteiger partial charge >= 0.3 is 0 Å². The largest absolute Gasteiger partial charge is 0.497 e. The van der Waals surface area contributed by atoms with Gasteiger partial charge in [0.25, 0.3) is 5.91 Å². The molecule has 1 N–H and O–H groups in total. The van der Waals surface area contributed by atoms with Gasteiger partial charge in [-0.3, -0.25) is 9.59 Å². The van der Waals surface area contributed by atoms with E-state index in [0.717, 1.165) is 5.69 Å². The molecule has 1 saturated heterocycles. The zero-order valence-corrected chi connectivity index (χ0v) is 15.3. The maximum Gasteiger partial charge on any atom is 0.258 e. The fourth-order valence-corrected chi connectivity index (χ4v) is 2.98. The molecule has 1 unspecified atom stereocenters. The number of benzene rings is 2. The van der Waals surface area contributed by atoms with Crippen LogP contribution in [0.1, 0.15) is 6.42 Å². The monoisotopic (exact) mass is 370 g/mol. The molecule has 7 heteroatoms. The van der Waals surface area contributed by atoms with E-state index in [-0.39, 0.29) is 30.9 Å². The normalized spacial score (nSPS) is 16.1. The van der Waals surface area contributed by atoms with E-state index in [0.29, 0.717) is 23.8 Å². The molecule has 1 fully saturated rings. The van der Waals surface area contributed by atoms with Crippen molar-refractivity contribution in [2.24, 2.45) is 0 Å². The number of para-hydroxylation sites is 2. The maximum atomic E-state index is 12.3. The third-order valence-corrected chi connectivity index (χ3v) is 4.28. The molecule has 0 aromatic heterocycles. The van der Waals surface area contributed by atoms with Gasteiger partial charge in [0.15, 0.2) is 18.1 Å². The molecular weight excluding hydrogens is 348 g/mol. The number of ether oxygens (including phenoxy) is 3. The van der Waals surface area contributed by atoms with E-state index >= 15 is 0 Å². The number of nitrogens with one attached hydrogen (secondary N) is 1. The molecule has 2 aromatic rings. The van der Waals surface area contributed by atoms with Crippen LogP contribution in [0.5, 0.6) is 17.2 Å². The highest BCUT2D eigenvalue weighted by molar-refractivity contribution is 5.97. The van der Waals surface area contributed by atoms with Gasteiger partial charge in [-0.2, -0.15) is 0 Å². The summed E-state index contributed by atoms with van der Waals surface area (Å²) in [6.45, 7) is 0.261. The van der Waals surface area contributed by atoms with Gasteiger partial charge < -0.3 is 24.4 Å². The van der Waals surface area contributed by atoms with Gasteiger partial charge in [0.1, 0.15) is 5.75 Å². The van der Waals surface area contributed by atoms with E-state index in [4.69, 9.17) is 14.2 Å². The molecular formula is C20H22N2O5. The molecule has 1 aliphatic heterocycles. The Morgan fingerprint density at radius 3 is 2.63 bits per heavy atom. The molecule has 2 aromatic carbocycles. The van der Waals surface area contributed by atoms with Crippen molar-refractivity contribution in [2.45, 2.75) is 12.5 Å². The van der Waals surface area contributed by atoms with Crippen molar-refractivity contribution in [2.75, 3.05) is 32.3 Å². The fraction of sp³-hybridized carbons (Fsp3) is 0.300. The number of methoxy groups -OCH3 is 2. The van der Waals surface area contributed by atoms with Gasteiger partial charge in [-0.25, -0.2) is 0 Å². The van der Waals surface area contributed by atoms with Crippen molar-refractivity contribution in [1.82, 2.24) is 5.32 Å². The summed E-state index contributed by atoms with van der Waals surface area (Å²) in [5.41, 5.74) is 0.751. The molecule has 0 bridgehead atoms. The molecule has 3 rings (SSSR count). The van der Waals surface area contributed by atoms with Gasteiger partial charge in [0.05, 0.1) is 20.3 Å². The molecule has 7 nitrogen and oxygen atoms in total. The SMILES string of the molecule is COc1cccc(N2CC(NC(=O)COc3ccccc3OC)CC2=O)c1. The maximum absolute atomic E-state index is 12.3. The second kappa shape index (κ2) is 8.44. The van der Waals surface area contributed by atoms with Crippen molar-refractivity contribution in [3.05, 3.63) is 48.5 Å². The van der Waals surface area contributed by atoms with Crippen molar-refractivity contribution in [1.29, 1.82) is 0 Å². The quantitative estimate of drug-likeness (QED) is 0.807. The van der Waals surface area contributed by atoms with E-state index in [1.54, 1.807) is 43.4 Å². The number of rotatable bonds is 7. The lowest BCUT2D eigenvalue weighted by Gasteiger charge is -2.18. The van der Waals surface area contributed by atoms with Gasteiger partial charge in [0, 0.05) is 24.7 Å². The zero-order chi connectivity index (χ0) is 19.2. The summed E-state index contributed by atoms with van der Waals surface area (Å²) in [6.07, 6.45) is 0.248. The standard InChI is InChI=1S/C20H22N2O5/c1-25-16-7-5-6-15(11-16)22-12-14(10-20(22)24)21-19(23)13-27-18-9-4-3-8-17(18)26-2/h3-9,11,14H,10,12-13H2,1-2H3,(H,21,23). The highest BCUT2D eigenvalue weighted by atomic mass is 16.5. The number of amides is 2. The van der Waals surface area contributed by atoms with E-state index in [2.05, 4.69) is 5.32 Å². The minimum absolute atomic E-state index is 0.0424. The molecule has 1 aliphatic rings. The van der Waals surface area contributed by atoms with Gasteiger partial charge in [-0.15, -0.1) is 0 Å². The van der Waals surface area contributed by atoms with Crippen LogP contribution in [-0.2, 0) is 9.59 Å². The highest BCUT2D eigenvalue weighted by Crippen LogP contribution is 2.26. The lowest BCUT2D eigenvalue weighted by Crippen LogP contribution is -2.39. The highest BCUT2D eigenvalue weighted by Gasteiger charge is 2.31. The molecule has 2 amide bonds. The number of carbonyl (C=O) groups excluding carboxylic acids is 2. The molecule has 1 atom stereocenters. The Hall–Kier alpha value is -3.22. The van der Waals surface area contributed by atoms with Crippen molar-refractivity contribution < 1.29 is 23.8 Å². The van der Waals surface area contributed by atoms with Crippen LogP contribution in [0, 0.1) is 0 Å². The lowest BCUT2D eigenvalue weighted by atomic mass is 10.2. The summed E-state index contributed by atoms with van der Waals surface area (Å²) in [5, 5.41) is 2.85. The molecule has 0 spiro atoms. The van der Waals surface area contributed by atoms with Gasteiger partial charge in [-0.1, -0.05) is 18.2 Å². The summed E-state index contributed by atoms with van der Waals surface area (Å²) in [4.78, 5) is 26.2. The first-order chi connectivity index (χ1) is 13.1. The number of nitrogens with zero attached hydrogens (tertiary/aromatic N) is 1. The van der Waals surface area contributed by atoms with Crippen LogP contribution in [0.25, 0.3) is 0 Å². The summed E-state index contributed by atoms with van der Waals surface area (Å²) < 4.78 is 15.9. The fourth-order valence-electron chi connectivity index (χ4n) is 2.98. The Bertz CT molecular complexity index is 824. The van der Waals surface area contributed by atoms with E-state index < -0.39 is 0 Å². The molecule has 142 valence electrons. The van der Waals surface area contributed by atoms with Crippen LogP contribution in [0.15, 0.2) is 48.5 Å². The number of hydrogen-bond acceptors (Lipinski definition) is 5. The number of anilines is 1. The number of carbonyl (C=O) groups is 2. The minimum Gasteiger partial charge on any atom is -0.497 e. The Labute approximate surface area is 157 Å². The summed E-state index contributed by atoms with van der Waals surface area (Å²) in [7, 11) is 3.12. The van der Waals surface area contributed by atoms with E-state index in [1.807, 2.05) is 24.3 Å². The smallest absolute Gasteiger partial charge is 0.258 e. The third kappa shape index (κ3) is 4.49.